The molecule has 0 atom stereocenters. The van der Waals surface area contributed by atoms with Crippen LogP contribution in [-0.2, 0) is 6.18 Å². The van der Waals surface area contributed by atoms with Crippen LogP contribution in [0.1, 0.15) is 11.1 Å². The maximum absolute atomic E-state index is 13.5. The highest BCUT2D eigenvalue weighted by Gasteiger charge is 2.34. The lowest BCUT2D eigenvalue weighted by atomic mass is 9.95. The van der Waals surface area contributed by atoms with E-state index in [1.54, 1.807) is 0 Å². The molecule has 2 aromatic rings. The quantitative estimate of drug-likeness (QED) is 0.610. The van der Waals surface area contributed by atoms with Crippen LogP contribution in [0.15, 0.2) is 36.4 Å². The van der Waals surface area contributed by atoms with Gasteiger partial charge in [-0.3, -0.25) is 0 Å². The molecule has 0 fully saturated rings. The predicted octanol–water partition coefficient (Wildman–Crippen LogP) is 5.47. The number of rotatable bonds is 1. The maximum atomic E-state index is 13.5. The van der Waals surface area contributed by atoms with Crippen molar-refractivity contribution in [2.75, 3.05) is 0 Å². The summed E-state index contributed by atoms with van der Waals surface area (Å²) in [6, 6.07) is 7.51. The van der Waals surface area contributed by atoms with Crippen LogP contribution in [0.3, 0.4) is 0 Å². The van der Waals surface area contributed by atoms with Crippen LogP contribution in [0.25, 0.3) is 11.1 Å². The van der Waals surface area contributed by atoms with Crippen LogP contribution >= 0.6 is 11.6 Å². The largest absolute Gasteiger partial charge is 0.417 e. The minimum Gasteiger partial charge on any atom is -0.207 e. The fourth-order valence-corrected chi connectivity index (χ4v) is 2.06. The third-order valence-corrected chi connectivity index (χ3v) is 3.08. The molecule has 0 aliphatic heterocycles. The summed E-state index contributed by atoms with van der Waals surface area (Å²) in [6.07, 6.45) is -4.54. The summed E-state index contributed by atoms with van der Waals surface area (Å²) in [5.41, 5.74) is -0.554. The Hall–Kier alpha value is -1.55. The van der Waals surface area contributed by atoms with E-state index in [1.165, 1.54) is 37.3 Å². The van der Waals surface area contributed by atoms with Gasteiger partial charge in [0.05, 0.1) is 5.56 Å². The van der Waals surface area contributed by atoms with Crippen molar-refractivity contribution in [3.05, 3.63) is 58.4 Å². The van der Waals surface area contributed by atoms with Gasteiger partial charge in [-0.1, -0.05) is 29.8 Å². The second-order valence-electron chi connectivity index (χ2n) is 4.10. The van der Waals surface area contributed by atoms with Crippen LogP contribution in [0.5, 0.6) is 0 Å². The summed E-state index contributed by atoms with van der Waals surface area (Å²) in [5.74, 6) is -0.541. The molecule has 2 rings (SSSR count). The van der Waals surface area contributed by atoms with E-state index < -0.39 is 17.6 Å². The van der Waals surface area contributed by atoms with Gasteiger partial charge in [0.2, 0.25) is 0 Å². The first kappa shape index (κ1) is 13.9. The second kappa shape index (κ2) is 4.85. The van der Waals surface area contributed by atoms with Gasteiger partial charge in [-0.15, -0.1) is 0 Å². The fraction of sp³-hybridized carbons (Fsp3) is 0.143. The average Bonchev–Trinajstić information content (AvgIpc) is 2.32. The van der Waals surface area contributed by atoms with Gasteiger partial charge in [0.15, 0.2) is 0 Å². The molecule has 0 unspecified atom stereocenters. The highest BCUT2D eigenvalue weighted by molar-refractivity contribution is 6.30. The zero-order chi connectivity index (χ0) is 14.2. The third kappa shape index (κ3) is 2.73. The van der Waals surface area contributed by atoms with Crippen molar-refractivity contribution < 1.29 is 17.6 Å². The third-order valence-electron chi connectivity index (χ3n) is 2.84. The lowest BCUT2D eigenvalue weighted by Gasteiger charge is -2.15. The van der Waals surface area contributed by atoms with Gasteiger partial charge in [-0.05, 0) is 41.8 Å². The minimum atomic E-state index is -4.54. The monoisotopic (exact) mass is 288 g/mol. The molecule has 0 aliphatic carbocycles. The van der Waals surface area contributed by atoms with E-state index in [-0.39, 0.29) is 21.7 Å². The highest BCUT2D eigenvalue weighted by Crippen LogP contribution is 2.39. The summed E-state index contributed by atoms with van der Waals surface area (Å²) < 4.78 is 52.4. The standard InChI is InChI=1S/C14H9ClF4/c1-8-10(3-2-4-13(8)16)11-6-5-9(15)7-12(11)14(17,18)19/h2-7H,1H3. The maximum Gasteiger partial charge on any atom is 0.417 e. The molecule has 0 amide bonds. The predicted molar refractivity (Wildman–Crippen MR) is 66.6 cm³/mol. The van der Waals surface area contributed by atoms with Crippen LogP contribution in [0.2, 0.25) is 5.02 Å². The molecule has 0 spiro atoms. The van der Waals surface area contributed by atoms with Crippen molar-refractivity contribution >= 4 is 11.6 Å². The fourth-order valence-electron chi connectivity index (χ4n) is 1.89. The topological polar surface area (TPSA) is 0 Å². The number of benzene rings is 2. The Morgan fingerprint density at radius 2 is 1.68 bits per heavy atom. The van der Waals surface area contributed by atoms with Crippen LogP contribution in [0, 0.1) is 12.7 Å². The first-order chi connectivity index (χ1) is 8.80. The molecule has 2 aromatic carbocycles. The molecule has 0 bridgehead atoms. The van der Waals surface area contributed by atoms with Gasteiger partial charge < -0.3 is 0 Å². The second-order valence-corrected chi connectivity index (χ2v) is 4.54. The minimum absolute atomic E-state index is 0.00914. The SMILES string of the molecule is Cc1c(F)cccc1-c1ccc(Cl)cc1C(F)(F)F. The number of halogens is 5. The molecule has 0 nitrogen and oxygen atoms in total. The van der Waals surface area contributed by atoms with Gasteiger partial charge in [0.25, 0.3) is 0 Å². The van der Waals surface area contributed by atoms with Crippen molar-refractivity contribution in [1.29, 1.82) is 0 Å². The summed E-state index contributed by atoms with van der Waals surface area (Å²) in [5, 5.41) is -0.00914. The zero-order valence-electron chi connectivity index (χ0n) is 9.85. The molecule has 0 saturated heterocycles. The normalized spacial score (nSPS) is 11.7. The Morgan fingerprint density at radius 3 is 2.32 bits per heavy atom. The average molecular weight is 289 g/mol. The molecule has 0 saturated carbocycles. The first-order valence-electron chi connectivity index (χ1n) is 5.43. The molecular formula is C14H9ClF4. The smallest absolute Gasteiger partial charge is 0.207 e. The van der Waals surface area contributed by atoms with E-state index in [0.717, 1.165) is 6.07 Å². The summed E-state index contributed by atoms with van der Waals surface area (Å²) in [6.45, 7) is 1.44. The first-order valence-corrected chi connectivity index (χ1v) is 5.80. The number of alkyl halides is 3. The molecule has 19 heavy (non-hydrogen) atoms. The zero-order valence-corrected chi connectivity index (χ0v) is 10.6. The number of hydrogen-bond acceptors (Lipinski definition) is 0. The van der Waals surface area contributed by atoms with Gasteiger partial charge in [-0.2, -0.15) is 13.2 Å². The van der Waals surface area contributed by atoms with E-state index in [9.17, 15) is 17.6 Å². The molecule has 100 valence electrons. The Labute approximate surface area is 112 Å². The summed E-state index contributed by atoms with van der Waals surface area (Å²) >= 11 is 5.61. The summed E-state index contributed by atoms with van der Waals surface area (Å²) in [7, 11) is 0. The van der Waals surface area contributed by atoms with Crippen molar-refractivity contribution in [2.24, 2.45) is 0 Å². The molecule has 0 radical (unpaired) electrons. The lowest BCUT2D eigenvalue weighted by molar-refractivity contribution is -0.137. The molecular weight excluding hydrogens is 280 g/mol. The van der Waals surface area contributed by atoms with Gasteiger partial charge >= 0.3 is 6.18 Å². The van der Waals surface area contributed by atoms with Gasteiger partial charge in [0, 0.05) is 5.02 Å². The summed E-state index contributed by atoms with van der Waals surface area (Å²) in [4.78, 5) is 0. The van der Waals surface area contributed by atoms with E-state index in [4.69, 9.17) is 11.6 Å². The van der Waals surface area contributed by atoms with E-state index in [2.05, 4.69) is 0 Å². The van der Waals surface area contributed by atoms with E-state index in [0.29, 0.717) is 0 Å². The van der Waals surface area contributed by atoms with Gasteiger partial charge in [0.1, 0.15) is 5.82 Å². The van der Waals surface area contributed by atoms with E-state index in [1.807, 2.05) is 0 Å². The molecule has 5 heteroatoms. The van der Waals surface area contributed by atoms with Gasteiger partial charge in [-0.25, -0.2) is 4.39 Å². The molecule has 0 N–H and O–H groups in total. The Bertz CT molecular complexity index is 617. The van der Waals surface area contributed by atoms with Crippen LogP contribution < -0.4 is 0 Å². The van der Waals surface area contributed by atoms with Crippen LogP contribution in [0.4, 0.5) is 17.6 Å². The lowest BCUT2D eigenvalue weighted by Crippen LogP contribution is -2.07. The van der Waals surface area contributed by atoms with Crippen molar-refractivity contribution in [3.63, 3.8) is 0 Å². The highest BCUT2D eigenvalue weighted by atomic mass is 35.5. The molecule has 0 aromatic heterocycles. The number of hydrogen-bond donors (Lipinski definition) is 0. The Morgan fingerprint density at radius 1 is 1.00 bits per heavy atom. The van der Waals surface area contributed by atoms with Crippen molar-refractivity contribution in [1.82, 2.24) is 0 Å². The molecule has 0 heterocycles. The Kier molecular flexibility index (Phi) is 3.54. The van der Waals surface area contributed by atoms with E-state index >= 15 is 0 Å². The van der Waals surface area contributed by atoms with Crippen molar-refractivity contribution in [3.8, 4) is 11.1 Å². The molecule has 0 aliphatic rings. The van der Waals surface area contributed by atoms with Crippen molar-refractivity contribution in [2.45, 2.75) is 13.1 Å². The van der Waals surface area contributed by atoms with Crippen LogP contribution in [-0.4, -0.2) is 0 Å². The Balaban J connectivity index is 2.72.